The minimum atomic E-state index is -0.686. The molecule has 0 spiro atoms. The average Bonchev–Trinajstić information content (AvgIpc) is 3.17. The van der Waals surface area contributed by atoms with E-state index >= 15 is 0 Å². The molecule has 20 heavy (non-hydrogen) atoms. The molecule has 3 aromatic rings. The highest BCUT2D eigenvalue weighted by molar-refractivity contribution is 5.51. The van der Waals surface area contributed by atoms with Gasteiger partial charge in [-0.25, -0.2) is 0 Å². The van der Waals surface area contributed by atoms with Crippen molar-refractivity contribution in [2.75, 3.05) is 0 Å². The number of nitrogens with zero attached hydrogens (tertiary/aromatic N) is 2. The lowest BCUT2D eigenvalue weighted by Gasteiger charge is -2.15. The van der Waals surface area contributed by atoms with Gasteiger partial charge in [0, 0.05) is 0 Å². The first-order valence-corrected chi connectivity index (χ1v) is 6.35. The summed E-state index contributed by atoms with van der Waals surface area (Å²) in [5.41, 5.74) is 1.57. The molecule has 2 unspecified atom stereocenters. The molecule has 3 rings (SSSR count). The van der Waals surface area contributed by atoms with Crippen molar-refractivity contribution < 1.29 is 14.0 Å². The van der Waals surface area contributed by atoms with Gasteiger partial charge in [0.2, 0.25) is 11.7 Å². The van der Waals surface area contributed by atoms with E-state index in [9.17, 15) is 5.11 Å². The molecule has 2 atom stereocenters. The lowest BCUT2D eigenvalue weighted by molar-refractivity contribution is 0.135. The third-order valence-electron chi connectivity index (χ3n) is 3.23. The first kappa shape index (κ1) is 12.6. The van der Waals surface area contributed by atoms with E-state index in [0.717, 1.165) is 11.1 Å². The fraction of sp³-hybridized carbons (Fsp3) is 0.200. The van der Waals surface area contributed by atoms with E-state index in [1.54, 1.807) is 18.6 Å². The molecule has 0 aliphatic heterocycles. The highest BCUT2D eigenvalue weighted by atomic mass is 16.5. The maximum Gasteiger partial charge on any atom is 0.232 e. The largest absolute Gasteiger partial charge is 0.472 e. The molecule has 5 heteroatoms. The molecule has 0 amide bonds. The van der Waals surface area contributed by atoms with Crippen LogP contribution in [-0.2, 0) is 0 Å². The second-order valence-corrected chi connectivity index (χ2v) is 4.61. The summed E-state index contributed by atoms with van der Waals surface area (Å²) in [7, 11) is 0. The van der Waals surface area contributed by atoms with Gasteiger partial charge >= 0.3 is 0 Å². The van der Waals surface area contributed by atoms with Crippen molar-refractivity contribution in [3.63, 3.8) is 0 Å². The zero-order valence-corrected chi connectivity index (χ0v) is 10.9. The molecular weight excluding hydrogens is 256 g/mol. The molecule has 0 bridgehead atoms. The summed E-state index contributed by atoms with van der Waals surface area (Å²) >= 11 is 0. The number of hydrogen-bond acceptors (Lipinski definition) is 5. The van der Waals surface area contributed by atoms with Gasteiger partial charge in [0.15, 0.2) is 0 Å². The molecule has 0 fully saturated rings. The molecule has 2 heterocycles. The molecule has 0 radical (unpaired) electrons. The maximum atomic E-state index is 10.3. The Morgan fingerprint density at radius 1 is 1.15 bits per heavy atom. The van der Waals surface area contributed by atoms with Crippen LogP contribution >= 0.6 is 0 Å². The highest BCUT2D eigenvalue weighted by Crippen LogP contribution is 2.30. The summed E-state index contributed by atoms with van der Waals surface area (Å²) in [6.07, 6.45) is 2.41. The van der Waals surface area contributed by atoms with Gasteiger partial charge in [-0.1, -0.05) is 42.4 Å². The van der Waals surface area contributed by atoms with Crippen LogP contribution in [0.1, 0.15) is 30.4 Å². The molecule has 1 N–H and O–H groups in total. The van der Waals surface area contributed by atoms with Crippen molar-refractivity contribution in [3.05, 3.63) is 60.4 Å². The van der Waals surface area contributed by atoms with Gasteiger partial charge in [-0.05, 0) is 11.6 Å². The molecule has 102 valence electrons. The number of hydrogen-bond donors (Lipinski definition) is 1. The third-order valence-corrected chi connectivity index (χ3v) is 3.23. The van der Waals surface area contributed by atoms with Crippen molar-refractivity contribution in [2.45, 2.75) is 18.9 Å². The fourth-order valence-corrected chi connectivity index (χ4v) is 2.00. The summed E-state index contributed by atoms with van der Waals surface area (Å²) in [6.45, 7) is 1.85. The standard InChI is InChI=1S/C15H14N2O3/c1-10(13(18)11-5-3-2-4-6-11)15-16-14(17-20-15)12-7-8-19-9-12/h2-10,13,18H,1H3. The zero-order chi connectivity index (χ0) is 13.9. The van der Waals surface area contributed by atoms with Crippen molar-refractivity contribution in [3.8, 4) is 11.4 Å². The number of aliphatic hydroxyl groups is 1. The third kappa shape index (κ3) is 2.35. The molecule has 0 aliphatic carbocycles. The summed E-state index contributed by atoms with van der Waals surface area (Å²) in [5.74, 6) is 0.573. The van der Waals surface area contributed by atoms with Gasteiger partial charge in [0.25, 0.3) is 0 Å². The summed E-state index contributed by atoms with van der Waals surface area (Å²) in [6, 6.07) is 11.2. The highest BCUT2D eigenvalue weighted by Gasteiger charge is 2.24. The molecular formula is C15H14N2O3. The Bertz CT molecular complexity index is 662. The number of furan rings is 1. The van der Waals surface area contributed by atoms with Crippen LogP contribution in [0.15, 0.2) is 57.9 Å². The number of benzene rings is 1. The van der Waals surface area contributed by atoms with Crippen molar-refractivity contribution >= 4 is 0 Å². The molecule has 0 saturated heterocycles. The van der Waals surface area contributed by atoms with Gasteiger partial charge in [-0.3, -0.25) is 0 Å². The van der Waals surface area contributed by atoms with Gasteiger partial charge in [0.1, 0.15) is 6.26 Å². The van der Waals surface area contributed by atoms with Crippen LogP contribution in [0.4, 0.5) is 0 Å². The monoisotopic (exact) mass is 270 g/mol. The van der Waals surface area contributed by atoms with Gasteiger partial charge < -0.3 is 14.0 Å². The van der Waals surface area contributed by atoms with Crippen molar-refractivity contribution in [2.24, 2.45) is 0 Å². The van der Waals surface area contributed by atoms with Crippen LogP contribution in [0.25, 0.3) is 11.4 Å². The number of rotatable bonds is 4. The second-order valence-electron chi connectivity index (χ2n) is 4.61. The van der Waals surface area contributed by atoms with E-state index in [1.165, 1.54) is 0 Å². The Morgan fingerprint density at radius 2 is 1.95 bits per heavy atom. The minimum absolute atomic E-state index is 0.287. The number of aliphatic hydroxyl groups excluding tert-OH is 1. The van der Waals surface area contributed by atoms with Crippen LogP contribution in [0, 0.1) is 0 Å². The Kier molecular flexibility index (Phi) is 3.35. The first-order chi connectivity index (χ1) is 9.75. The van der Waals surface area contributed by atoms with E-state index in [-0.39, 0.29) is 5.92 Å². The second kappa shape index (κ2) is 5.30. The van der Waals surface area contributed by atoms with E-state index in [2.05, 4.69) is 10.1 Å². The zero-order valence-electron chi connectivity index (χ0n) is 10.9. The SMILES string of the molecule is CC(c1nc(-c2ccoc2)no1)C(O)c1ccccc1. The van der Waals surface area contributed by atoms with Crippen LogP contribution in [0.5, 0.6) is 0 Å². The Balaban J connectivity index is 1.82. The number of aromatic nitrogens is 2. The van der Waals surface area contributed by atoms with Crippen molar-refractivity contribution in [1.82, 2.24) is 10.1 Å². The van der Waals surface area contributed by atoms with Gasteiger partial charge in [-0.2, -0.15) is 4.98 Å². The van der Waals surface area contributed by atoms with Crippen LogP contribution in [0.3, 0.4) is 0 Å². The average molecular weight is 270 g/mol. The maximum absolute atomic E-state index is 10.3. The Morgan fingerprint density at radius 3 is 2.65 bits per heavy atom. The van der Waals surface area contributed by atoms with E-state index < -0.39 is 6.10 Å². The predicted octanol–water partition coefficient (Wildman–Crippen LogP) is 3.17. The summed E-state index contributed by atoms with van der Waals surface area (Å²) in [4.78, 5) is 4.30. The predicted molar refractivity (Wildman–Crippen MR) is 71.8 cm³/mol. The van der Waals surface area contributed by atoms with Gasteiger partial charge in [-0.15, -0.1) is 0 Å². The summed E-state index contributed by atoms with van der Waals surface area (Å²) < 4.78 is 10.2. The lowest BCUT2D eigenvalue weighted by atomic mass is 9.97. The van der Waals surface area contributed by atoms with Gasteiger partial charge in [0.05, 0.1) is 23.8 Å². The van der Waals surface area contributed by atoms with E-state index in [4.69, 9.17) is 8.94 Å². The topological polar surface area (TPSA) is 72.3 Å². The molecule has 0 aliphatic rings. The molecule has 0 saturated carbocycles. The van der Waals surface area contributed by atoms with Crippen LogP contribution in [0.2, 0.25) is 0 Å². The van der Waals surface area contributed by atoms with E-state index in [1.807, 2.05) is 37.3 Å². The normalized spacial score (nSPS) is 14.1. The fourth-order valence-electron chi connectivity index (χ4n) is 2.00. The van der Waals surface area contributed by atoms with E-state index in [0.29, 0.717) is 11.7 Å². The summed E-state index contributed by atoms with van der Waals surface area (Å²) in [5, 5.41) is 14.2. The van der Waals surface area contributed by atoms with Crippen LogP contribution in [-0.4, -0.2) is 15.2 Å². The Hall–Kier alpha value is -2.40. The smallest absolute Gasteiger partial charge is 0.232 e. The first-order valence-electron chi connectivity index (χ1n) is 6.35. The minimum Gasteiger partial charge on any atom is -0.472 e. The molecule has 5 nitrogen and oxygen atoms in total. The van der Waals surface area contributed by atoms with Crippen LogP contribution < -0.4 is 0 Å². The van der Waals surface area contributed by atoms with Crippen molar-refractivity contribution in [1.29, 1.82) is 0 Å². The Labute approximate surface area is 115 Å². The quantitative estimate of drug-likeness (QED) is 0.788. The lowest BCUT2D eigenvalue weighted by Crippen LogP contribution is -2.07. The molecule has 2 aromatic heterocycles. The molecule has 1 aromatic carbocycles.